The van der Waals surface area contributed by atoms with E-state index in [0.29, 0.717) is 29.2 Å². The highest BCUT2D eigenvalue weighted by atomic mass is 32.2. The Hall–Kier alpha value is -2.34. The van der Waals surface area contributed by atoms with Crippen molar-refractivity contribution < 1.29 is 4.42 Å². The van der Waals surface area contributed by atoms with E-state index in [1.807, 2.05) is 24.3 Å². The molecular formula is C18H19N3O2S. The third-order valence-electron chi connectivity index (χ3n) is 3.83. The molecule has 0 saturated heterocycles. The first-order valence-electron chi connectivity index (χ1n) is 7.77. The summed E-state index contributed by atoms with van der Waals surface area (Å²) in [6, 6.07) is 13.8. The van der Waals surface area contributed by atoms with Crippen LogP contribution in [0.3, 0.4) is 0 Å². The van der Waals surface area contributed by atoms with Gasteiger partial charge in [-0.15, -0.1) is 10.2 Å². The Kier molecular flexibility index (Phi) is 5.15. The molecule has 0 radical (unpaired) electrons. The average Bonchev–Trinajstić information content (AvgIpc) is 3.04. The van der Waals surface area contributed by atoms with Crippen LogP contribution in [0.5, 0.6) is 0 Å². The molecule has 2 aromatic heterocycles. The monoisotopic (exact) mass is 341 g/mol. The molecule has 1 atom stereocenters. The second kappa shape index (κ2) is 7.49. The van der Waals surface area contributed by atoms with Gasteiger partial charge in [-0.25, -0.2) is 0 Å². The van der Waals surface area contributed by atoms with Gasteiger partial charge in [0.2, 0.25) is 5.89 Å². The molecule has 1 aromatic carbocycles. The van der Waals surface area contributed by atoms with Gasteiger partial charge in [-0.3, -0.25) is 4.79 Å². The molecule has 124 valence electrons. The minimum Gasteiger partial charge on any atom is -0.416 e. The molecule has 2 heterocycles. The van der Waals surface area contributed by atoms with Crippen LogP contribution in [0.1, 0.15) is 29.9 Å². The third kappa shape index (κ3) is 4.14. The normalized spacial score (nSPS) is 12.2. The molecule has 0 aliphatic rings. The van der Waals surface area contributed by atoms with Crippen molar-refractivity contribution >= 4 is 11.8 Å². The lowest BCUT2D eigenvalue weighted by molar-refractivity contribution is 0.404. The predicted octanol–water partition coefficient (Wildman–Crippen LogP) is 3.41. The lowest BCUT2D eigenvalue weighted by atomic mass is 9.98. The average molecular weight is 341 g/mol. The highest BCUT2D eigenvalue weighted by Crippen LogP contribution is 2.24. The fraction of sp³-hybridized carbons (Fsp3) is 0.278. The number of nitrogens with zero attached hydrogens (tertiary/aromatic N) is 3. The maximum absolute atomic E-state index is 11.6. The van der Waals surface area contributed by atoms with Crippen LogP contribution in [0.2, 0.25) is 0 Å². The van der Waals surface area contributed by atoms with Crippen LogP contribution in [0.25, 0.3) is 0 Å². The third-order valence-corrected chi connectivity index (χ3v) is 4.72. The van der Waals surface area contributed by atoms with Crippen molar-refractivity contribution in [3.8, 4) is 0 Å². The van der Waals surface area contributed by atoms with Gasteiger partial charge >= 0.3 is 0 Å². The van der Waals surface area contributed by atoms with Crippen LogP contribution in [-0.4, -0.2) is 14.8 Å². The van der Waals surface area contributed by atoms with Crippen LogP contribution in [0, 0.1) is 0 Å². The fourth-order valence-electron chi connectivity index (χ4n) is 2.36. The Bertz CT molecular complexity index is 858. The second-order valence-corrected chi connectivity index (χ2v) is 6.68. The van der Waals surface area contributed by atoms with Gasteiger partial charge in [0.15, 0.2) is 0 Å². The van der Waals surface area contributed by atoms with Crippen LogP contribution in [0.4, 0.5) is 0 Å². The molecule has 6 heteroatoms. The van der Waals surface area contributed by atoms with Crippen LogP contribution in [0.15, 0.2) is 63.1 Å². The number of aryl methyl sites for hydroxylation is 1. The van der Waals surface area contributed by atoms with Gasteiger partial charge in [-0.05, 0) is 23.1 Å². The summed E-state index contributed by atoms with van der Waals surface area (Å²) in [6.45, 7) is 2.14. The summed E-state index contributed by atoms with van der Waals surface area (Å²) in [6.07, 6.45) is 2.47. The summed E-state index contributed by atoms with van der Waals surface area (Å²) in [4.78, 5) is 11.6. The van der Waals surface area contributed by atoms with Gasteiger partial charge in [0.05, 0.1) is 0 Å². The standard InChI is InChI=1S/C18H19N3O2S/c1-13(15-6-4-3-5-7-15)10-16-19-20-18(23-16)24-12-14-8-9-21(2)17(22)11-14/h3-9,11,13H,10,12H2,1-2H3. The molecule has 0 N–H and O–H groups in total. The molecule has 0 spiro atoms. The molecule has 5 nitrogen and oxygen atoms in total. The predicted molar refractivity (Wildman–Crippen MR) is 94.1 cm³/mol. The van der Waals surface area contributed by atoms with E-state index in [1.165, 1.54) is 17.3 Å². The summed E-state index contributed by atoms with van der Waals surface area (Å²) in [5.74, 6) is 1.59. The molecule has 3 rings (SSSR count). The van der Waals surface area contributed by atoms with Crippen molar-refractivity contribution in [3.05, 3.63) is 76.0 Å². The molecular weight excluding hydrogens is 322 g/mol. The smallest absolute Gasteiger partial charge is 0.276 e. The van der Waals surface area contributed by atoms with E-state index in [0.717, 1.165) is 5.56 Å². The lowest BCUT2D eigenvalue weighted by Gasteiger charge is -2.08. The van der Waals surface area contributed by atoms with Crippen LogP contribution < -0.4 is 5.56 Å². The summed E-state index contributed by atoms with van der Waals surface area (Å²) in [5.41, 5.74) is 2.18. The second-order valence-electron chi connectivity index (χ2n) is 5.75. The van der Waals surface area contributed by atoms with Crippen molar-refractivity contribution in [1.29, 1.82) is 0 Å². The van der Waals surface area contributed by atoms with E-state index in [4.69, 9.17) is 4.42 Å². The number of aromatic nitrogens is 3. The van der Waals surface area contributed by atoms with E-state index < -0.39 is 0 Å². The number of rotatable bonds is 6. The topological polar surface area (TPSA) is 60.9 Å². The highest BCUT2D eigenvalue weighted by molar-refractivity contribution is 7.98. The first-order chi connectivity index (χ1) is 11.6. The van der Waals surface area contributed by atoms with Gasteiger partial charge in [0, 0.05) is 31.5 Å². The van der Waals surface area contributed by atoms with E-state index in [2.05, 4.69) is 29.3 Å². The van der Waals surface area contributed by atoms with E-state index in [-0.39, 0.29) is 5.56 Å². The van der Waals surface area contributed by atoms with Gasteiger partial charge in [0.1, 0.15) is 0 Å². The van der Waals surface area contributed by atoms with Gasteiger partial charge in [-0.2, -0.15) is 0 Å². The lowest BCUT2D eigenvalue weighted by Crippen LogP contribution is -2.14. The zero-order valence-electron chi connectivity index (χ0n) is 13.7. The number of pyridine rings is 1. The zero-order valence-corrected chi connectivity index (χ0v) is 14.5. The largest absolute Gasteiger partial charge is 0.416 e. The number of benzene rings is 1. The molecule has 0 bridgehead atoms. The SMILES string of the molecule is CC(Cc1nnc(SCc2ccn(C)c(=O)c2)o1)c1ccccc1. The summed E-state index contributed by atoms with van der Waals surface area (Å²) < 4.78 is 7.25. The summed E-state index contributed by atoms with van der Waals surface area (Å²) in [7, 11) is 1.73. The zero-order chi connectivity index (χ0) is 16.9. The van der Waals surface area contributed by atoms with Crippen LogP contribution >= 0.6 is 11.8 Å². The molecule has 0 aliphatic heterocycles. The Morgan fingerprint density at radius 1 is 1.21 bits per heavy atom. The van der Waals surface area contributed by atoms with Crippen molar-refractivity contribution in [2.45, 2.75) is 30.2 Å². The molecule has 0 fully saturated rings. The Morgan fingerprint density at radius 3 is 2.75 bits per heavy atom. The van der Waals surface area contributed by atoms with Gasteiger partial charge in [-0.1, -0.05) is 49.0 Å². The Balaban J connectivity index is 1.59. The maximum atomic E-state index is 11.6. The molecule has 24 heavy (non-hydrogen) atoms. The van der Waals surface area contributed by atoms with Crippen molar-refractivity contribution in [2.75, 3.05) is 0 Å². The first-order valence-corrected chi connectivity index (χ1v) is 8.76. The minimum absolute atomic E-state index is 0.0176. The first kappa shape index (κ1) is 16.5. The maximum Gasteiger partial charge on any atom is 0.276 e. The number of hydrogen-bond donors (Lipinski definition) is 0. The molecule has 0 amide bonds. The van der Waals surface area contributed by atoms with E-state index >= 15 is 0 Å². The Morgan fingerprint density at radius 2 is 2.00 bits per heavy atom. The van der Waals surface area contributed by atoms with Gasteiger partial charge < -0.3 is 8.98 Å². The fourth-order valence-corrected chi connectivity index (χ4v) is 3.09. The number of thioether (sulfide) groups is 1. The summed E-state index contributed by atoms with van der Waals surface area (Å²) in [5, 5.41) is 8.74. The quantitative estimate of drug-likeness (QED) is 0.643. The molecule has 1 unspecified atom stereocenters. The van der Waals surface area contributed by atoms with Gasteiger partial charge in [0.25, 0.3) is 10.8 Å². The van der Waals surface area contributed by atoms with E-state index in [1.54, 1.807) is 23.9 Å². The minimum atomic E-state index is -0.0176. The molecule has 0 saturated carbocycles. The van der Waals surface area contributed by atoms with Crippen molar-refractivity contribution in [2.24, 2.45) is 7.05 Å². The molecule has 3 aromatic rings. The van der Waals surface area contributed by atoms with Crippen LogP contribution in [-0.2, 0) is 19.2 Å². The van der Waals surface area contributed by atoms with E-state index in [9.17, 15) is 4.79 Å². The summed E-state index contributed by atoms with van der Waals surface area (Å²) >= 11 is 1.44. The molecule has 0 aliphatic carbocycles. The highest BCUT2D eigenvalue weighted by Gasteiger charge is 2.12. The number of hydrogen-bond acceptors (Lipinski definition) is 5. The van der Waals surface area contributed by atoms with Crippen molar-refractivity contribution in [3.63, 3.8) is 0 Å². The Labute approximate surface area is 144 Å². The van der Waals surface area contributed by atoms with Crippen molar-refractivity contribution in [1.82, 2.24) is 14.8 Å².